The molecule has 0 saturated carbocycles. The molecule has 0 unspecified atom stereocenters. The minimum Gasteiger partial charge on any atom is -0.457 e. The van der Waals surface area contributed by atoms with Crippen molar-refractivity contribution in [1.82, 2.24) is 19.6 Å². The van der Waals surface area contributed by atoms with Gasteiger partial charge in [-0.3, -0.25) is 4.90 Å². The van der Waals surface area contributed by atoms with Gasteiger partial charge in [0.15, 0.2) is 0 Å². The van der Waals surface area contributed by atoms with Crippen LogP contribution < -0.4 is 4.74 Å². The molecule has 146 valence electrons. The van der Waals surface area contributed by atoms with Crippen LogP contribution in [0.25, 0.3) is 0 Å². The normalized spacial score (nSPS) is 14.4. The molecule has 1 aliphatic rings. The number of ether oxygens (including phenoxy) is 1. The van der Waals surface area contributed by atoms with Crippen molar-refractivity contribution < 1.29 is 9.53 Å². The maximum Gasteiger partial charge on any atom is 0.344 e. The van der Waals surface area contributed by atoms with E-state index in [0.29, 0.717) is 18.7 Å². The number of hydrogen-bond acceptors (Lipinski definition) is 5. The lowest BCUT2D eigenvalue weighted by Crippen LogP contribution is -2.49. The number of piperazine rings is 1. The van der Waals surface area contributed by atoms with Crippen molar-refractivity contribution in [3.8, 4) is 17.6 Å². The number of aromatic nitrogens is 2. The minimum absolute atomic E-state index is 0.187. The van der Waals surface area contributed by atoms with Gasteiger partial charge in [0.2, 0.25) is 0 Å². The van der Waals surface area contributed by atoms with Crippen LogP contribution in [0, 0.1) is 11.3 Å². The van der Waals surface area contributed by atoms with Crippen molar-refractivity contribution in [2.75, 3.05) is 26.2 Å². The lowest BCUT2D eigenvalue weighted by atomic mass is 10.2. The number of nitriles is 1. The first-order valence-corrected chi connectivity index (χ1v) is 9.49. The maximum absolute atomic E-state index is 12.5. The Bertz CT molecular complexity index is 1000. The zero-order chi connectivity index (χ0) is 20.1. The average Bonchev–Trinajstić information content (AvgIpc) is 3.25. The fourth-order valence-electron chi connectivity index (χ4n) is 3.27. The summed E-state index contributed by atoms with van der Waals surface area (Å²) in [4.78, 5) is 16.6. The molecule has 0 bridgehead atoms. The number of para-hydroxylation sites is 1. The Balaban J connectivity index is 1.28. The SMILES string of the molecule is N#Cc1cnn(C(=O)N2CCN(Cc3ccc(Oc4ccccc4)cc3)CC2)c1. The highest BCUT2D eigenvalue weighted by atomic mass is 16.5. The standard InChI is InChI=1S/C22H21N5O2/c23-14-19-15-24-27(17-19)22(28)26-12-10-25(11-13-26)16-18-6-8-21(9-7-18)29-20-4-2-1-3-5-20/h1-9,15,17H,10-13,16H2. The third-order valence-electron chi connectivity index (χ3n) is 4.86. The molecule has 1 amide bonds. The Morgan fingerprint density at radius 3 is 2.34 bits per heavy atom. The van der Waals surface area contributed by atoms with Gasteiger partial charge in [0.1, 0.15) is 17.6 Å². The highest BCUT2D eigenvalue weighted by Crippen LogP contribution is 2.21. The van der Waals surface area contributed by atoms with Crippen molar-refractivity contribution in [1.29, 1.82) is 5.26 Å². The van der Waals surface area contributed by atoms with E-state index in [9.17, 15) is 4.79 Å². The molecule has 0 aliphatic carbocycles. The molecule has 7 nitrogen and oxygen atoms in total. The molecule has 0 radical (unpaired) electrons. The van der Waals surface area contributed by atoms with Crippen molar-refractivity contribution in [3.05, 3.63) is 78.1 Å². The van der Waals surface area contributed by atoms with Gasteiger partial charge in [-0.15, -0.1) is 0 Å². The zero-order valence-corrected chi connectivity index (χ0v) is 15.9. The predicted molar refractivity (Wildman–Crippen MR) is 108 cm³/mol. The summed E-state index contributed by atoms with van der Waals surface area (Å²) in [5.74, 6) is 1.63. The zero-order valence-electron chi connectivity index (χ0n) is 15.9. The summed E-state index contributed by atoms with van der Waals surface area (Å²) in [6.45, 7) is 3.68. The number of benzene rings is 2. The Morgan fingerprint density at radius 1 is 1.00 bits per heavy atom. The van der Waals surface area contributed by atoms with Gasteiger partial charge in [-0.05, 0) is 29.8 Å². The van der Waals surface area contributed by atoms with Crippen LogP contribution >= 0.6 is 0 Å². The highest BCUT2D eigenvalue weighted by Gasteiger charge is 2.22. The molecule has 4 rings (SSSR count). The number of amides is 1. The Hall–Kier alpha value is -3.63. The lowest BCUT2D eigenvalue weighted by molar-refractivity contribution is 0.134. The van der Waals surface area contributed by atoms with Crippen LogP contribution in [0.2, 0.25) is 0 Å². The van der Waals surface area contributed by atoms with Gasteiger partial charge in [0.05, 0.1) is 18.0 Å². The molecule has 1 aliphatic heterocycles. The molecule has 2 aromatic carbocycles. The monoisotopic (exact) mass is 387 g/mol. The molecule has 0 N–H and O–H groups in total. The summed E-state index contributed by atoms with van der Waals surface area (Å²) in [5.41, 5.74) is 1.59. The highest BCUT2D eigenvalue weighted by molar-refractivity contribution is 5.76. The fourth-order valence-corrected chi connectivity index (χ4v) is 3.27. The van der Waals surface area contributed by atoms with E-state index in [2.05, 4.69) is 22.1 Å². The smallest absolute Gasteiger partial charge is 0.344 e. The topological polar surface area (TPSA) is 74.4 Å². The predicted octanol–water partition coefficient (Wildman–Crippen LogP) is 3.33. The molecular weight excluding hydrogens is 366 g/mol. The molecule has 1 aromatic heterocycles. The van der Waals surface area contributed by atoms with Gasteiger partial charge in [-0.2, -0.15) is 15.0 Å². The van der Waals surface area contributed by atoms with Crippen LogP contribution in [0.4, 0.5) is 4.79 Å². The van der Waals surface area contributed by atoms with Crippen molar-refractivity contribution in [2.24, 2.45) is 0 Å². The van der Waals surface area contributed by atoms with E-state index >= 15 is 0 Å². The van der Waals surface area contributed by atoms with Gasteiger partial charge >= 0.3 is 6.03 Å². The van der Waals surface area contributed by atoms with E-state index in [1.165, 1.54) is 22.6 Å². The third kappa shape index (κ3) is 4.62. The van der Waals surface area contributed by atoms with Gasteiger partial charge in [-0.25, -0.2) is 4.79 Å². The number of nitrogens with zero attached hydrogens (tertiary/aromatic N) is 5. The molecule has 7 heteroatoms. The van der Waals surface area contributed by atoms with E-state index in [1.54, 1.807) is 4.90 Å². The molecule has 3 aromatic rings. The number of rotatable bonds is 4. The van der Waals surface area contributed by atoms with Crippen LogP contribution in [0.15, 0.2) is 67.0 Å². The van der Waals surface area contributed by atoms with Crippen LogP contribution in [0.3, 0.4) is 0 Å². The summed E-state index contributed by atoms with van der Waals surface area (Å²) in [7, 11) is 0. The molecule has 0 atom stereocenters. The first-order valence-electron chi connectivity index (χ1n) is 9.49. The van der Waals surface area contributed by atoms with Crippen LogP contribution in [-0.4, -0.2) is 51.8 Å². The Kier molecular flexibility index (Phi) is 5.54. The van der Waals surface area contributed by atoms with Gasteiger partial charge < -0.3 is 9.64 Å². The second-order valence-corrected chi connectivity index (χ2v) is 6.89. The van der Waals surface area contributed by atoms with E-state index in [1.807, 2.05) is 48.5 Å². The van der Waals surface area contributed by atoms with Crippen molar-refractivity contribution in [2.45, 2.75) is 6.54 Å². The Labute approximate surface area is 169 Å². The fraction of sp³-hybridized carbons (Fsp3) is 0.227. The van der Waals surface area contributed by atoms with Crippen molar-refractivity contribution >= 4 is 6.03 Å². The first kappa shape index (κ1) is 18.7. The second kappa shape index (κ2) is 8.59. The van der Waals surface area contributed by atoms with E-state index in [0.717, 1.165) is 31.1 Å². The van der Waals surface area contributed by atoms with Gasteiger partial charge in [0, 0.05) is 32.7 Å². The van der Waals surface area contributed by atoms with E-state index < -0.39 is 0 Å². The second-order valence-electron chi connectivity index (χ2n) is 6.89. The summed E-state index contributed by atoms with van der Waals surface area (Å²) in [6, 6.07) is 19.6. The summed E-state index contributed by atoms with van der Waals surface area (Å²) < 4.78 is 7.07. The number of carbonyl (C=O) groups is 1. The van der Waals surface area contributed by atoms with Gasteiger partial charge in [-0.1, -0.05) is 30.3 Å². The molecule has 29 heavy (non-hydrogen) atoms. The third-order valence-corrected chi connectivity index (χ3v) is 4.86. The number of hydrogen-bond donors (Lipinski definition) is 0. The van der Waals surface area contributed by atoms with Crippen molar-refractivity contribution in [3.63, 3.8) is 0 Å². The van der Waals surface area contributed by atoms with Crippen LogP contribution in [-0.2, 0) is 6.54 Å². The molecule has 2 heterocycles. The molecule has 1 saturated heterocycles. The average molecular weight is 387 g/mol. The first-order chi connectivity index (χ1) is 14.2. The molecule has 0 spiro atoms. The van der Waals surface area contributed by atoms with Crippen LogP contribution in [0.5, 0.6) is 11.5 Å². The van der Waals surface area contributed by atoms with E-state index in [-0.39, 0.29) is 6.03 Å². The van der Waals surface area contributed by atoms with Crippen LogP contribution in [0.1, 0.15) is 11.1 Å². The summed E-state index contributed by atoms with van der Waals surface area (Å²) >= 11 is 0. The van der Waals surface area contributed by atoms with E-state index in [4.69, 9.17) is 10.00 Å². The Morgan fingerprint density at radius 2 is 1.69 bits per heavy atom. The quantitative estimate of drug-likeness (QED) is 0.686. The summed E-state index contributed by atoms with van der Waals surface area (Å²) in [5, 5.41) is 12.8. The largest absolute Gasteiger partial charge is 0.457 e. The molecule has 1 fully saturated rings. The maximum atomic E-state index is 12.5. The minimum atomic E-state index is -0.187. The number of carbonyl (C=O) groups excluding carboxylic acids is 1. The lowest BCUT2D eigenvalue weighted by Gasteiger charge is -2.34. The molecular formula is C22H21N5O2. The summed E-state index contributed by atoms with van der Waals surface area (Å²) in [6.07, 6.45) is 2.87. The van der Waals surface area contributed by atoms with Gasteiger partial charge in [0.25, 0.3) is 0 Å².